The summed E-state index contributed by atoms with van der Waals surface area (Å²) in [5, 5.41) is 4.65. The molecule has 4 aromatic heterocycles. The molecule has 0 fully saturated rings. The van der Waals surface area contributed by atoms with Crippen LogP contribution in [0.3, 0.4) is 0 Å². The first kappa shape index (κ1) is 28.2. The normalized spacial score (nSPS) is 11.6. The summed E-state index contributed by atoms with van der Waals surface area (Å²) in [4.78, 5) is 14.8. The molecule has 0 aliphatic heterocycles. The second-order valence-electron chi connectivity index (χ2n) is 12.6. The highest BCUT2D eigenvalue weighted by atomic mass is 15.0. The molecule has 10 aromatic rings. The van der Waals surface area contributed by atoms with Crippen molar-refractivity contribution in [2.24, 2.45) is 0 Å². The fraction of sp³-hybridized carbons (Fsp3) is 0. The minimum atomic E-state index is 0.692. The molecular formula is C45H29N5. The predicted octanol–water partition coefficient (Wildman–Crippen LogP) is 11.1. The Morgan fingerprint density at radius 2 is 1.20 bits per heavy atom. The number of fused-ring (bicyclic) bond motifs is 5. The molecule has 4 heterocycles. The molecule has 5 nitrogen and oxygen atoms in total. The molecular weight excluding hydrogens is 611 g/mol. The number of aromatic nitrogens is 5. The molecule has 0 aliphatic rings. The molecule has 0 radical (unpaired) electrons. The van der Waals surface area contributed by atoms with Gasteiger partial charge in [0, 0.05) is 62.0 Å². The molecule has 0 atom stereocenters. The molecule has 0 bridgehead atoms. The number of para-hydroxylation sites is 3. The Bertz CT molecular complexity index is 2850. The Kier molecular flexibility index (Phi) is 6.42. The van der Waals surface area contributed by atoms with E-state index in [9.17, 15) is 0 Å². The van der Waals surface area contributed by atoms with Gasteiger partial charge in [0.15, 0.2) is 5.82 Å². The molecule has 0 spiro atoms. The number of rotatable bonds is 5. The average Bonchev–Trinajstić information content (AvgIpc) is 3.76. The van der Waals surface area contributed by atoms with E-state index in [4.69, 9.17) is 9.97 Å². The highest BCUT2D eigenvalue weighted by Gasteiger charge is 2.17. The first-order valence-corrected chi connectivity index (χ1v) is 16.8. The van der Waals surface area contributed by atoms with Crippen molar-refractivity contribution in [3.63, 3.8) is 0 Å². The molecule has 234 valence electrons. The van der Waals surface area contributed by atoms with E-state index in [0.29, 0.717) is 5.82 Å². The van der Waals surface area contributed by atoms with Gasteiger partial charge < -0.3 is 9.13 Å². The fourth-order valence-electron chi connectivity index (χ4n) is 7.23. The molecule has 6 aromatic carbocycles. The van der Waals surface area contributed by atoms with Crippen molar-refractivity contribution in [1.82, 2.24) is 24.1 Å². The van der Waals surface area contributed by atoms with E-state index in [1.165, 1.54) is 21.7 Å². The highest BCUT2D eigenvalue weighted by Crippen LogP contribution is 2.37. The summed E-state index contributed by atoms with van der Waals surface area (Å²) in [5.74, 6) is 0.692. The molecule has 10 rings (SSSR count). The minimum Gasteiger partial charge on any atom is -0.317 e. The van der Waals surface area contributed by atoms with E-state index in [2.05, 4.69) is 154 Å². The van der Waals surface area contributed by atoms with E-state index in [1.807, 2.05) is 36.5 Å². The number of hydrogen-bond acceptors (Lipinski definition) is 3. The topological polar surface area (TPSA) is 48.5 Å². The molecule has 0 unspecified atom stereocenters. The highest BCUT2D eigenvalue weighted by molar-refractivity contribution is 6.13. The lowest BCUT2D eigenvalue weighted by atomic mass is 10.0. The van der Waals surface area contributed by atoms with Crippen molar-refractivity contribution in [3.05, 3.63) is 176 Å². The van der Waals surface area contributed by atoms with Gasteiger partial charge in [-0.15, -0.1) is 0 Å². The Hall–Kier alpha value is -6.85. The van der Waals surface area contributed by atoms with Crippen LogP contribution in [0, 0.1) is 0 Å². The molecule has 0 saturated carbocycles. The van der Waals surface area contributed by atoms with E-state index < -0.39 is 0 Å². The smallest absolute Gasteiger partial charge is 0.160 e. The van der Waals surface area contributed by atoms with Crippen molar-refractivity contribution in [1.29, 1.82) is 0 Å². The van der Waals surface area contributed by atoms with Crippen molar-refractivity contribution in [3.8, 4) is 45.3 Å². The van der Waals surface area contributed by atoms with E-state index in [-0.39, 0.29) is 0 Å². The SMILES string of the molecule is c1ccc(-n2ccc3cc4c(cc32)c2ccccc2n4-c2cccc(-c3nc(-c4ccc(-c5ccccn5)cc4)c4ccccc4n3)c2)cc1. The maximum Gasteiger partial charge on any atom is 0.160 e. The summed E-state index contributed by atoms with van der Waals surface area (Å²) < 4.78 is 4.63. The van der Waals surface area contributed by atoms with Crippen molar-refractivity contribution in [2.45, 2.75) is 0 Å². The minimum absolute atomic E-state index is 0.692. The zero-order chi connectivity index (χ0) is 33.0. The molecule has 0 amide bonds. The van der Waals surface area contributed by atoms with Crippen LogP contribution in [-0.4, -0.2) is 24.1 Å². The number of nitrogens with zero attached hydrogens (tertiary/aromatic N) is 5. The monoisotopic (exact) mass is 639 g/mol. The Morgan fingerprint density at radius 1 is 0.440 bits per heavy atom. The van der Waals surface area contributed by atoms with Gasteiger partial charge in [-0.25, -0.2) is 9.97 Å². The van der Waals surface area contributed by atoms with Crippen molar-refractivity contribution < 1.29 is 0 Å². The number of hydrogen-bond donors (Lipinski definition) is 0. The molecule has 50 heavy (non-hydrogen) atoms. The lowest BCUT2D eigenvalue weighted by molar-refractivity contribution is 1.13. The van der Waals surface area contributed by atoms with Crippen LogP contribution in [0.2, 0.25) is 0 Å². The summed E-state index contributed by atoms with van der Waals surface area (Å²) in [5.41, 5.74) is 11.6. The van der Waals surface area contributed by atoms with Crippen LogP contribution < -0.4 is 0 Å². The molecule has 5 heteroatoms. The fourth-order valence-corrected chi connectivity index (χ4v) is 7.23. The molecule has 0 aliphatic carbocycles. The average molecular weight is 640 g/mol. The Morgan fingerprint density at radius 3 is 2.06 bits per heavy atom. The third-order valence-electron chi connectivity index (χ3n) is 9.60. The van der Waals surface area contributed by atoms with Crippen LogP contribution in [0.25, 0.3) is 88.9 Å². The lowest BCUT2D eigenvalue weighted by Crippen LogP contribution is -1.98. The maximum atomic E-state index is 5.22. The van der Waals surface area contributed by atoms with E-state index in [0.717, 1.165) is 61.4 Å². The summed E-state index contributed by atoms with van der Waals surface area (Å²) in [7, 11) is 0. The second-order valence-corrected chi connectivity index (χ2v) is 12.6. The van der Waals surface area contributed by atoms with Gasteiger partial charge in [-0.3, -0.25) is 4.98 Å². The molecule has 0 saturated heterocycles. The van der Waals surface area contributed by atoms with Crippen LogP contribution in [0.4, 0.5) is 0 Å². The van der Waals surface area contributed by atoms with Gasteiger partial charge in [0.25, 0.3) is 0 Å². The summed E-state index contributed by atoms with van der Waals surface area (Å²) in [6, 6.07) is 57.3. The van der Waals surface area contributed by atoms with Gasteiger partial charge in [0.2, 0.25) is 0 Å². The first-order chi connectivity index (χ1) is 24.8. The molecule has 0 N–H and O–H groups in total. The van der Waals surface area contributed by atoms with Gasteiger partial charge in [0.1, 0.15) is 0 Å². The Balaban J connectivity index is 1.12. The van der Waals surface area contributed by atoms with Crippen molar-refractivity contribution >= 4 is 43.6 Å². The van der Waals surface area contributed by atoms with Gasteiger partial charge in [-0.2, -0.15) is 0 Å². The van der Waals surface area contributed by atoms with E-state index >= 15 is 0 Å². The largest absolute Gasteiger partial charge is 0.317 e. The van der Waals surface area contributed by atoms with Crippen LogP contribution in [0.5, 0.6) is 0 Å². The van der Waals surface area contributed by atoms with Gasteiger partial charge in [0.05, 0.1) is 33.5 Å². The van der Waals surface area contributed by atoms with Crippen molar-refractivity contribution in [2.75, 3.05) is 0 Å². The summed E-state index contributed by atoms with van der Waals surface area (Å²) in [6.07, 6.45) is 3.98. The van der Waals surface area contributed by atoms with Crippen LogP contribution >= 0.6 is 0 Å². The van der Waals surface area contributed by atoms with Crippen LogP contribution in [-0.2, 0) is 0 Å². The maximum absolute atomic E-state index is 5.22. The third kappa shape index (κ3) is 4.60. The Labute approximate surface area is 288 Å². The second kappa shape index (κ2) is 11.4. The van der Waals surface area contributed by atoms with Crippen LogP contribution in [0.1, 0.15) is 0 Å². The zero-order valence-electron chi connectivity index (χ0n) is 27.0. The van der Waals surface area contributed by atoms with Gasteiger partial charge >= 0.3 is 0 Å². The van der Waals surface area contributed by atoms with Gasteiger partial charge in [-0.1, -0.05) is 97.1 Å². The third-order valence-corrected chi connectivity index (χ3v) is 9.60. The van der Waals surface area contributed by atoms with Crippen LogP contribution in [0.15, 0.2) is 176 Å². The predicted molar refractivity (Wildman–Crippen MR) is 205 cm³/mol. The number of pyridine rings is 1. The quantitative estimate of drug-likeness (QED) is 0.188. The summed E-state index contributed by atoms with van der Waals surface area (Å²) >= 11 is 0. The zero-order valence-corrected chi connectivity index (χ0v) is 27.0. The summed E-state index contributed by atoms with van der Waals surface area (Å²) in [6.45, 7) is 0. The lowest BCUT2D eigenvalue weighted by Gasteiger charge is -2.12. The number of benzene rings is 6. The first-order valence-electron chi connectivity index (χ1n) is 16.8. The standard InChI is InChI=1S/C45H29N5/c1-2-12-34(13-3-1)49-26-24-32-28-43-38(29-42(32)49)36-15-5-7-19-41(36)50(43)35-14-10-11-33(27-35)45-47-40-18-6-4-16-37(40)44(48-45)31-22-20-30(21-23-31)39-17-8-9-25-46-39/h1-29H. The van der Waals surface area contributed by atoms with Gasteiger partial charge in [-0.05, 0) is 66.7 Å². The van der Waals surface area contributed by atoms with E-state index in [1.54, 1.807) is 0 Å².